The van der Waals surface area contributed by atoms with Crippen LogP contribution in [0.15, 0.2) is 24.3 Å². The number of nitrogens with zero attached hydrogens (tertiary/aromatic N) is 4. The van der Waals surface area contributed by atoms with Gasteiger partial charge in [-0.2, -0.15) is 0 Å². The number of rotatable bonds is 5. The largest absolute Gasteiger partial charge is 0.373 e. The maximum Gasteiger partial charge on any atom is 0.239 e. The lowest BCUT2D eigenvalue weighted by Crippen LogP contribution is -2.56. The van der Waals surface area contributed by atoms with Crippen molar-refractivity contribution in [3.05, 3.63) is 30.1 Å². The van der Waals surface area contributed by atoms with Crippen LogP contribution in [0.2, 0.25) is 0 Å². The summed E-state index contributed by atoms with van der Waals surface area (Å²) in [6, 6.07) is 6.61. The smallest absolute Gasteiger partial charge is 0.239 e. The van der Waals surface area contributed by atoms with Gasteiger partial charge < -0.3 is 14.5 Å². The molecule has 3 atom stereocenters. The normalized spacial score (nSPS) is 27.5. The molecular formula is C25H39FN4O2. The summed E-state index contributed by atoms with van der Waals surface area (Å²) < 4.78 is 19.0. The Bertz CT molecular complexity index is 735. The van der Waals surface area contributed by atoms with Crippen LogP contribution >= 0.6 is 0 Å². The molecule has 3 aliphatic heterocycles. The van der Waals surface area contributed by atoms with E-state index in [1.165, 1.54) is 12.1 Å². The quantitative estimate of drug-likeness (QED) is 0.696. The molecule has 0 bridgehead atoms. The third-order valence-corrected chi connectivity index (χ3v) is 7.35. The van der Waals surface area contributed by atoms with Crippen molar-refractivity contribution in [2.75, 3.05) is 63.8 Å². The summed E-state index contributed by atoms with van der Waals surface area (Å²) in [5.41, 5.74) is 1.05. The highest BCUT2D eigenvalue weighted by Gasteiger charge is 2.32. The highest BCUT2D eigenvalue weighted by atomic mass is 19.1. The summed E-state index contributed by atoms with van der Waals surface area (Å²) in [6.07, 6.45) is 2.81. The van der Waals surface area contributed by atoms with Crippen LogP contribution in [0.25, 0.3) is 0 Å². The fraction of sp³-hybridized carbons (Fsp3) is 0.720. The molecule has 3 heterocycles. The van der Waals surface area contributed by atoms with Gasteiger partial charge in [0, 0.05) is 64.6 Å². The molecule has 32 heavy (non-hydrogen) atoms. The maximum absolute atomic E-state index is 13.2. The Labute approximate surface area is 192 Å². The van der Waals surface area contributed by atoms with E-state index in [0.29, 0.717) is 18.1 Å². The lowest BCUT2D eigenvalue weighted by Gasteiger charge is -2.42. The molecule has 6 nitrogen and oxygen atoms in total. The van der Waals surface area contributed by atoms with Gasteiger partial charge in [0.2, 0.25) is 5.91 Å². The van der Waals surface area contributed by atoms with Crippen LogP contribution in [0.4, 0.5) is 10.1 Å². The predicted octanol–water partition coefficient (Wildman–Crippen LogP) is 2.68. The van der Waals surface area contributed by atoms with Crippen molar-refractivity contribution >= 4 is 11.6 Å². The average Bonchev–Trinajstić information content (AvgIpc) is 2.79. The van der Waals surface area contributed by atoms with Crippen LogP contribution in [-0.4, -0.2) is 97.8 Å². The standard InChI is InChI=1S/C25H39FN4O2/c1-19-16-27(17-20(2)32-19)18-22-8-10-30(11-9-22)25(31)21(3)28-12-14-29(15-13-28)24-6-4-23(26)5-7-24/h4-7,19-22H,8-18H2,1-3H3. The monoisotopic (exact) mass is 446 g/mol. The SMILES string of the molecule is CC1CN(CC2CCN(C(=O)C(C)N3CCN(c4ccc(F)cc4)CC3)CC2)CC(C)O1. The molecule has 0 N–H and O–H groups in total. The molecular weight excluding hydrogens is 407 g/mol. The summed E-state index contributed by atoms with van der Waals surface area (Å²) in [4.78, 5) is 22.4. The van der Waals surface area contributed by atoms with Gasteiger partial charge in [-0.25, -0.2) is 4.39 Å². The molecule has 0 spiro atoms. The van der Waals surface area contributed by atoms with Crippen molar-refractivity contribution in [2.24, 2.45) is 5.92 Å². The van der Waals surface area contributed by atoms with Crippen molar-refractivity contribution in [2.45, 2.75) is 51.9 Å². The van der Waals surface area contributed by atoms with Gasteiger partial charge in [0.15, 0.2) is 0 Å². The van der Waals surface area contributed by atoms with E-state index in [2.05, 4.69) is 40.4 Å². The van der Waals surface area contributed by atoms with Crippen molar-refractivity contribution in [1.29, 1.82) is 0 Å². The second kappa shape index (κ2) is 10.5. The molecule has 1 aromatic rings. The fourth-order valence-corrected chi connectivity index (χ4v) is 5.57. The number of anilines is 1. The number of carbonyl (C=O) groups excluding carboxylic acids is 1. The van der Waals surface area contributed by atoms with Crippen LogP contribution < -0.4 is 4.90 Å². The van der Waals surface area contributed by atoms with Crippen LogP contribution in [0.5, 0.6) is 0 Å². The molecule has 1 aromatic carbocycles. The molecule has 1 amide bonds. The molecule has 3 unspecified atom stereocenters. The van der Waals surface area contributed by atoms with Crippen LogP contribution in [0, 0.1) is 11.7 Å². The summed E-state index contributed by atoms with van der Waals surface area (Å²) in [5.74, 6) is 0.739. The van der Waals surface area contributed by atoms with Gasteiger partial charge in [-0.05, 0) is 63.8 Å². The summed E-state index contributed by atoms with van der Waals surface area (Å²) >= 11 is 0. The van der Waals surface area contributed by atoms with Gasteiger partial charge in [0.1, 0.15) is 5.82 Å². The van der Waals surface area contributed by atoms with E-state index in [1.54, 1.807) is 0 Å². The van der Waals surface area contributed by atoms with Crippen molar-refractivity contribution in [3.8, 4) is 0 Å². The number of amides is 1. The lowest BCUT2D eigenvalue weighted by atomic mass is 9.95. The topological polar surface area (TPSA) is 39.3 Å². The molecule has 3 aliphatic rings. The Hall–Kier alpha value is -1.70. The number of hydrogen-bond acceptors (Lipinski definition) is 5. The van der Waals surface area contributed by atoms with E-state index < -0.39 is 0 Å². The predicted molar refractivity (Wildman–Crippen MR) is 125 cm³/mol. The Morgan fingerprint density at radius 1 is 1.00 bits per heavy atom. The van der Waals surface area contributed by atoms with Gasteiger partial charge in [0.05, 0.1) is 18.2 Å². The van der Waals surface area contributed by atoms with E-state index in [0.717, 1.165) is 77.4 Å². The first-order valence-electron chi connectivity index (χ1n) is 12.3. The number of hydrogen-bond donors (Lipinski definition) is 0. The van der Waals surface area contributed by atoms with Gasteiger partial charge >= 0.3 is 0 Å². The molecule has 0 saturated carbocycles. The zero-order valence-corrected chi connectivity index (χ0v) is 19.9. The Balaban J connectivity index is 1.21. The minimum absolute atomic E-state index is 0.0807. The van der Waals surface area contributed by atoms with E-state index in [4.69, 9.17) is 4.74 Å². The Kier molecular flexibility index (Phi) is 7.69. The molecule has 4 rings (SSSR count). The van der Waals surface area contributed by atoms with Crippen LogP contribution in [-0.2, 0) is 9.53 Å². The third kappa shape index (κ3) is 5.80. The molecule has 178 valence electrons. The number of likely N-dealkylation sites (tertiary alicyclic amines) is 1. The van der Waals surface area contributed by atoms with E-state index >= 15 is 0 Å². The molecule has 7 heteroatoms. The summed E-state index contributed by atoms with van der Waals surface area (Å²) in [6.45, 7) is 14.7. The number of piperidine rings is 1. The fourth-order valence-electron chi connectivity index (χ4n) is 5.57. The minimum atomic E-state index is -0.204. The van der Waals surface area contributed by atoms with Crippen LogP contribution in [0.1, 0.15) is 33.6 Å². The number of carbonyl (C=O) groups is 1. The zero-order chi connectivity index (χ0) is 22.7. The highest BCUT2D eigenvalue weighted by Crippen LogP contribution is 2.23. The maximum atomic E-state index is 13.2. The zero-order valence-electron chi connectivity index (χ0n) is 19.9. The van der Waals surface area contributed by atoms with E-state index in [9.17, 15) is 9.18 Å². The molecule has 0 aliphatic carbocycles. The molecule has 0 radical (unpaired) electrons. The number of piperazine rings is 1. The second-order valence-corrected chi connectivity index (χ2v) is 9.92. The Morgan fingerprint density at radius 2 is 1.59 bits per heavy atom. The van der Waals surface area contributed by atoms with E-state index in [-0.39, 0.29) is 17.8 Å². The number of ether oxygens (including phenoxy) is 1. The van der Waals surface area contributed by atoms with Gasteiger partial charge in [-0.15, -0.1) is 0 Å². The first-order chi connectivity index (χ1) is 15.4. The van der Waals surface area contributed by atoms with E-state index in [1.807, 2.05) is 12.1 Å². The number of morpholine rings is 1. The number of halogens is 1. The van der Waals surface area contributed by atoms with Gasteiger partial charge in [0.25, 0.3) is 0 Å². The van der Waals surface area contributed by atoms with Crippen LogP contribution in [0.3, 0.4) is 0 Å². The third-order valence-electron chi connectivity index (χ3n) is 7.35. The van der Waals surface area contributed by atoms with Gasteiger partial charge in [-0.3, -0.25) is 14.6 Å². The van der Waals surface area contributed by atoms with Crippen molar-refractivity contribution in [1.82, 2.24) is 14.7 Å². The lowest BCUT2D eigenvalue weighted by molar-refractivity contribution is -0.138. The Morgan fingerprint density at radius 3 is 2.19 bits per heavy atom. The number of benzene rings is 1. The molecule has 3 fully saturated rings. The average molecular weight is 447 g/mol. The van der Waals surface area contributed by atoms with Crippen molar-refractivity contribution < 1.29 is 13.9 Å². The molecule has 3 saturated heterocycles. The second-order valence-electron chi connectivity index (χ2n) is 9.92. The van der Waals surface area contributed by atoms with Crippen molar-refractivity contribution in [3.63, 3.8) is 0 Å². The molecule has 0 aromatic heterocycles. The van der Waals surface area contributed by atoms with Gasteiger partial charge in [-0.1, -0.05) is 0 Å². The summed E-state index contributed by atoms with van der Waals surface area (Å²) in [7, 11) is 0. The summed E-state index contributed by atoms with van der Waals surface area (Å²) in [5, 5.41) is 0. The minimum Gasteiger partial charge on any atom is -0.373 e. The highest BCUT2D eigenvalue weighted by molar-refractivity contribution is 5.81. The first kappa shape index (κ1) is 23.5. The first-order valence-corrected chi connectivity index (χ1v) is 12.3.